The van der Waals surface area contributed by atoms with Crippen LogP contribution in [0.5, 0.6) is 0 Å². The molecular weight excluding hydrogens is 274 g/mol. The van der Waals surface area contributed by atoms with Crippen LogP contribution in [0.4, 0.5) is 4.79 Å². The second-order valence-corrected chi connectivity index (χ2v) is 5.68. The number of ether oxygens (including phenoxy) is 2. The van der Waals surface area contributed by atoms with E-state index in [2.05, 4.69) is 0 Å². The van der Waals surface area contributed by atoms with Crippen LogP contribution in [0.25, 0.3) is 0 Å². The van der Waals surface area contributed by atoms with Crippen LogP contribution in [-0.4, -0.2) is 41.8 Å². The molecule has 0 aromatic heterocycles. The third-order valence-corrected chi connectivity index (χ3v) is 4.68. The molecule has 0 aromatic rings. The van der Waals surface area contributed by atoms with Crippen LogP contribution in [0.15, 0.2) is 23.1 Å². The first kappa shape index (κ1) is 14.1. The van der Waals surface area contributed by atoms with Crippen molar-refractivity contribution >= 4 is 12.1 Å². The quantitative estimate of drug-likeness (QED) is 0.490. The Bertz CT molecular complexity index is 548. The maximum Gasteiger partial charge on any atom is 0.512 e. The summed E-state index contributed by atoms with van der Waals surface area (Å²) in [5.41, 5.74) is 1.71. The molecule has 1 saturated carbocycles. The normalized spacial score (nSPS) is 32.9. The Balaban J connectivity index is 2.02. The Kier molecular flexibility index (Phi) is 3.49. The fourth-order valence-corrected chi connectivity index (χ4v) is 3.94. The summed E-state index contributed by atoms with van der Waals surface area (Å²) in [6.45, 7) is 2.37. The second-order valence-electron chi connectivity index (χ2n) is 5.68. The highest BCUT2D eigenvalue weighted by Gasteiger charge is 2.57. The van der Waals surface area contributed by atoms with Crippen LogP contribution < -0.4 is 0 Å². The van der Waals surface area contributed by atoms with E-state index in [1.807, 2.05) is 13.0 Å². The molecule has 2 fully saturated rings. The van der Waals surface area contributed by atoms with E-state index in [9.17, 15) is 9.59 Å². The lowest BCUT2D eigenvalue weighted by Gasteiger charge is -2.41. The number of carboxylic acid groups (broad SMARTS) is 1. The van der Waals surface area contributed by atoms with Gasteiger partial charge < -0.3 is 14.6 Å². The first-order valence-corrected chi connectivity index (χ1v) is 7.23. The highest BCUT2D eigenvalue weighted by molar-refractivity contribution is 6.04. The monoisotopic (exact) mass is 293 g/mol. The van der Waals surface area contributed by atoms with Gasteiger partial charge in [0.1, 0.15) is 0 Å². The fraction of sp³-hybridized carbons (Fsp3) is 0.600. The molecule has 0 spiro atoms. The third-order valence-electron chi connectivity index (χ3n) is 4.68. The molecule has 114 valence electrons. The van der Waals surface area contributed by atoms with Gasteiger partial charge in [0.25, 0.3) is 5.91 Å². The van der Waals surface area contributed by atoms with Crippen molar-refractivity contribution in [3.63, 3.8) is 0 Å². The fourth-order valence-electron chi connectivity index (χ4n) is 3.94. The van der Waals surface area contributed by atoms with Crippen molar-refractivity contribution in [2.75, 3.05) is 13.7 Å². The average molecular weight is 293 g/mol. The number of carbonyl (C=O) groups excluding carboxylic acids is 1. The second kappa shape index (κ2) is 5.18. The molecule has 0 aromatic carbocycles. The number of allylic oxidation sites excluding steroid dienone is 1. The summed E-state index contributed by atoms with van der Waals surface area (Å²) in [4.78, 5) is 24.7. The van der Waals surface area contributed by atoms with Gasteiger partial charge in [0.05, 0.1) is 12.6 Å². The van der Waals surface area contributed by atoms with Gasteiger partial charge in [0.2, 0.25) is 5.88 Å². The zero-order valence-electron chi connectivity index (χ0n) is 12.2. The molecule has 3 atom stereocenters. The number of β-lactam (4-membered cyclic amide) rings is 1. The van der Waals surface area contributed by atoms with Crippen molar-refractivity contribution in [2.24, 2.45) is 11.8 Å². The third kappa shape index (κ3) is 1.97. The Morgan fingerprint density at radius 2 is 2.24 bits per heavy atom. The Hall–Kier alpha value is -1.82. The summed E-state index contributed by atoms with van der Waals surface area (Å²) in [7, 11) is 1.63. The molecule has 1 amide bonds. The minimum Gasteiger partial charge on any atom is -0.449 e. The number of hydrogen-bond acceptors (Lipinski definition) is 4. The van der Waals surface area contributed by atoms with Gasteiger partial charge in [-0.05, 0) is 19.8 Å². The smallest absolute Gasteiger partial charge is 0.449 e. The first-order chi connectivity index (χ1) is 10.1. The summed E-state index contributed by atoms with van der Waals surface area (Å²) in [5.74, 6) is 0.378. The largest absolute Gasteiger partial charge is 0.512 e. The van der Waals surface area contributed by atoms with Gasteiger partial charge in [-0.3, -0.25) is 9.69 Å². The molecule has 6 heteroatoms. The molecule has 3 rings (SSSR count). The van der Waals surface area contributed by atoms with Crippen LogP contribution in [-0.2, 0) is 14.3 Å². The van der Waals surface area contributed by atoms with E-state index in [0.29, 0.717) is 6.61 Å². The summed E-state index contributed by atoms with van der Waals surface area (Å²) in [6, 6.07) is -0.0495. The number of rotatable bonds is 3. The van der Waals surface area contributed by atoms with Gasteiger partial charge in [0.15, 0.2) is 0 Å². The van der Waals surface area contributed by atoms with Crippen molar-refractivity contribution in [1.82, 2.24) is 4.90 Å². The molecule has 1 saturated heterocycles. The van der Waals surface area contributed by atoms with Gasteiger partial charge in [-0.15, -0.1) is 0 Å². The van der Waals surface area contributed by atoms with Crippen molar-refractivity contribution in [1.29, 1.82) is 0 Å². The van der Waals surface area contributed by atoms with E-state index in [0.717, 1.165) is 30.4 Å². The Labute approximate surface area is 123 Å². The predicted molar refractivity (Wildman–Crippen MR) is 73.2 cm³/mol. The van der Waals surface area contributed by atoms with Gasteiger partial charge in [-0.2, -0.15) is 0 Å². The number of fused-ring (bicyclic) bond motifs is 3. The molecule has 2 aliphatic heterocycles. The van der Waals surface area contributed by atoms with Crippen LogP contribution in [0.3, 0.4) is 0 Å². The van der Waals surface area contributed by atoms with Crippen LogP contribution in [0.1, 0.15) is 26.2 Å². The van der Waals surface area contributed by atoms with Crippen molar-refractivity contribution in [3.05, 3.63) is 23.1 Å². The standard InChI is InChI=1S/C15H19NO5/c1-3-9-12-10-6-4-5-8(7-20-2)11(10)14(21-15(18)19)16(12)13(9)17/h3,8,10,12H,4-7H2,1-2H3,(H,18,19)/b9-3+/t8-,10+,12+/m1/s1. The van der Waals surface area contributed by atoms with E-state index in [1.165, 1.54) is 4.90 Å². The number of hydrogen-bond donors (Lipinski definition) is 1. The van der Waals surface area contributed by atoms with Crippen LogP contribution in [0, 0.1) is 11.8 Å². The SMILES string of the molecule is C/C=C1/C(=O)N2C(OC(=O)O)=C3[C@@H](COC)CCC[C@@H]3[C@H]12. The van der Waals surface area contributed by atoms with Gasteiger partial charge in [0, 0.05) is 30.1 Å². The highest BCUT2D eigenvalue weighted by atomic mass is 16.7. The molecule has 0 bridgehead atoms. The summed E-state index contributed by atoms with van der Waals surface area (Å²) in [5, 5.41) is 8.98. The molecule has 1 N–H and O–H groups in total. The molecular formula is C15H19NO5. The maximum atomic E-state index is 12.2. The van der Waals surface area contributed by atoms with Crippen molar-refractivity contribution in [3.8, 4) is 0 Å². The van der Waals surface area contributed by atoms with E-state index in [1.54, 1.807) is 7.11 Å². The summed E-state index contributed by atoms with van der Waals surface area (Å²) < 4.78 is 10.2. The average Bonchev–Trinajstić information content (AvgIpc) is 2.71. The van der Waals surface area contributed by atoms with Gasteiger partial charge >= 0.3 is 6.16 Å². The lowest BCUT2D eigenvalue weighted by atomic mass is 9.72. The van der Waals surface area contributed by atoms with Crippen molar-refractivity contribution in [2.45, 2.75) is 32.2 Å². The summed E-state index contributed by atoms with van der Waals surface area (Å²) >= 11 is 0. The maximum absolute atomic E-state index is 12.2. The van der Waals surface area contributed by atoms with Crippen LogP contribution >= 0.6 is 0 Å². The molecule has 0 unspecified atom stereocenters. The first-order valence-electron chi connectivity index (χ1n) is 7.23. The van der Waals surface area contributed by atoms with Gasteiger partial charge in [-0.25, -0.2) is 4.79 Å². The van der Waals surface area contributed by atoms with E-state index >= 15 is 0 Å². The Morgan fingerprint density at radius 3 is 2.86 bits per heavy atom. The lowest BCUT2D eigenvalue weighted by Crippen LogP contribution is -2.54. The number of carbonyl (C=O) groups is 2. The molecule has 6 nitrogen and oxygen atoms in total. The number of methoxy groups -OCH3 is 1. The highest BCUT2D eigenvalue weighted by Crippen LogP contribution is 2.53. The molecule has 1 aliphatic carbocycles. The molecule has 3 aliphatic rings. The van der Waals surface area contributed by atoms with Gasteiger partial charge in [-0.1, -0.05) is 12.5 Å². The minimum absolute atomic E-state index is 0.0495. The van der Waals surface area contributed by atoms with E-state index in [-0.39, 0.29) is 29.7 Å². The Morgan fingerprint density at radius 1 is 1.48 bits per heavy atom. The molecule has 2 heterocycles. The lowest BCUT2D eigenvalue weighted by molar-refractivity contribution is -0.136. The number of amides is 1. The minimum atomic E-state index is -1.37. The van der Waals surface area contributed by atoms with E-state index in [4.69, 9.17) is 14.6 Å². The predicted octanol–water partition coefficient (Wildman–Crippen LogP) is 2.13. The topological polar surface area (TPSA) is 76.1 Å². The zero-order valence-corrected chi connectivity index (χ0v) is 12.2. The zero-order chi connectivity index (χ0) is 15.1. The number of nitrogens with zero attached hydrogens (tertiary/aromatic N) is 1. The molecule has 0 radical (unpaired) electrons. The van der Waals surface area contributed by atoms with E-state index < -0.39 is 6.16 Å². The molecule has 21 heavy (non-hydrogen) atoms. The summed E-state index contributed by atoms with van der Waals surface area (Å²) in [6.07, 6.45) is 3.39. The van der Waals surface area contributed by atoms with Crippen LogP contribution in [0.2, 0.25) is 0 Å². The van der Waals surface area contributed by atoms with Crippen molar-refractivity contribution < 1.29 is 24.2 Å².